The molecular formula is C14H21NO3. The maximum Gasteiger partial charge on any atom is 0.331 e. The molecule has 0 heterocycles. The van der Waals surface area contributed by atoms with Gasteiger partial charge in [-0.3, -0.25) is 4.79 Å². The van der Waals surface area contributed by atoms with Gasteiger partial charge in [-0.05, 0) is 19.8 Å². The first-order valence-electron chi connectivity index (χ1n) is 6.26. The van der Waals surface area contributed by atoms with Gasteiger partial charge in [0.05, 0.1) is 7.11 Å². The fraction of sp³-hybridized carbons (Fsp3) is 0.571. The maximum atomic E-state index is 12.0. The van der Waals surface area contributed by atoms with E-state index in [4.69, 9.17) is 4.74 Å². The van der Waals surface area contributed by atoms with E-state index in [1.165, 1.54) is 7.11 Å². The van der Waals surface area contributed by atoms with Crippen molar-refractivity contribution in [3.8, 4) is 0 Å². The predicted octanol–water partition coefficient (Wildman–Crippen LogP) is 2.11. The number of hydrogen-bond acceptors (Lipinski definition) is 3. The molecule has 1 rings (SSSR count). The standard InChI is InChI=1S/C14H21NO3/c1-4-8-11(2)12(16)15-14(13(17)18-3)9-6-5-7-10-14/h4,8H,1,5-7,9-10H2,2-3H3,(H,15,16)/b11-8+. The number of ether oxygens (including phenoxy) is 1. The molecule has 0 saturated heterocycles. The first-order valence-corrected chi connectivity index (χ1v) is 6.26. The van der Waals surface area contributed by atoms with Gasteiger partial charge in [-0.25, -0.2) is 4.79 Å². The molecule has 1 fully saturated rings. The molecule has 0 spiro atoms. The maximum absolute atomic E-state index is 12.0. The highest BCUT2D eigenvalue weighted by atomic mass is 16.5. The van der Waals surface area contributed by atoms with E-state index in [2.05, 4.69) is 11.9 Å². The summed E-state index contributed by atoms with van der Waals surface area (Å²) in [5, 5.41) is 2.84. The van der Waals surface area contributed by atoms with E-state index in [-0.39, 0.29) is 11.9 Å². The molecule has 18 heavy (non-hydrogen) atoms. The second-order valence-electron chi connectivity index (χ2n) is 4.67. The van der Waals surface area contributed by atoms with Gasteiger partial charge >= 0.3 is 5.97 Å². The lowest BCUT2D eigenvalue weighted by Gasteiger charge is -2.35. The molecule has 100 valence electrons. The second kappa shape index (κ2) is 6.38. The van der Waals surface area contributed by atoms with Gasteiger partial charge in [0.1, 0.15) is 5.54 Å². The Bertz CT molecular complexity index is 365. The van der Waals surface area contributed by atoms with Crippen LogP contribution in [0.15, 0.2) is 24.3 Å². The molecule has 1 saturated carbocycles. The summed E-state index contributed by atoms with van der Waals surface area (Å²) in [5.41, 5.74) is -0.306. The normalized spacial score (nSPS) is 18.9. The third-order valence-electron chi connectivity index (χ3n) is 3.36. The summed E-state index contributed by atoms with van der Waals surface area (Å²) in [6.45, 7) is 5.25. The Balaban J connectivity index is 2.85. The summed E-state index contributed by atoms with van der Waals surface area (Å²) in [4.78, 5) is 23.9. The van der Waals surface area contributed by atoms with Gasteiger partial charge in [0.15, 0.2) is 0 Å². The highest BCUT2D eigenvalue weighted by Gasteiger charge is 2.41. The van der Waals surface area contributed by atoms with E-state index in [0.29, 0.717) is 18.4 Å². The van der Waals surface area contributed by atoms with E-state index < -0.39 is 5.54 Å². The fourth-order valence-electron chi connectivity index (χ4n) is 2.30. The van der Waals surface area contributed by atoms with Crippen LogP contribution in [0, 0.1) is 0 Å². The van der Waals surface area contributed by atoms with Crippen molar-refractivity contribution in [1.82, 2.24) is 5.32 Å². The number of rotatable bonds is 4. The lowest BCUT2D eigenvalue weighted by molar-refractivity contribution is -0.152. The third kappa shape index (κ3) is 3.22. The van der Waals surface area contributed by atoms with Crippen LogP contribution in [0.3, 0.4) is 0 Å². The zero-order chi connectivity index (χ0) is 13.6. The van der Waals surface area contributed by atoms with E-state index in [0.717, 1.165) is 19.3 Å². The van der Waals surface area contributed by atoms with Crippen LogP contribution in [0.1, 0.15) is 39.0 Å². The van der Waals surface area contributed by atoms with Crippen LogP contribution in [0.2, 0.25) is 0 Å². The number of amides is 1. The first-order chi connectivity index (χ1) is 8.55. The molecule has 0 unspecified atom stereocenters. The number of hydrogen-bond donors (Lipinski definition) is 1. The Labute approximate surface area is 108 Å². The van der Waals surface area contributed by atoms with Crippen molar-refractivity contribution in [2.45, 2.75) is 44.6 Å². The van der Waals surface area contributed by atoms with Gasteiger partial charge in [-0.1, -0.05) is 38.0 Å². The number of methoxy groups -OCH3 is 1. The molecule has 1 aliphatic carbocycles. The Morgan fingerprint density at radius 1 is 1.28 bits per heavy atom. The summed E-state index contributed by atoms with van der Waals surface area (Å²) in [7, 11) is 1.36. The monoisotopic (exact) mass is 251 g/mol. The number of nitrogens with one attached hydrogen (secondary N) is 1. The third-order valence-corrected chi connectivity index (χ3v) is 3.36. The molecule has 1 amide bonds. The SMILES string of the molecule is C=C/C=C(\C)C(=O)NC1(C(=O)OC)CCCCC1. The molecule has 0 aliphatic heterocycles. The molecule has 4 heteroatoms. The molecule has 1 aliphatic rings. The highest BCUT2D eigenvalue weighted by Crippen LogP contribution is 2.29. The van der Waals surface area contributed by atoms with E-state index in [1.54, 1.807) is 19.1 Å². The quantitative estimate of drug-likeness (QED) is 0.473. The van der Waals surface area contributed by atoms with Crippen molar-refractivity contribution in [3.05, 3.63) is 24.3 Å². The molecule has 0 aromatic rings. The van der Waals surface area contributed by atoms with E-state index >= 15 is 0 Å². The number of carbonyl (C=O) groups is 2. The average Bonchev–Trinajstić information content (AvgIpc) is 2.39. The summed E-state index contributed by atoms with van der Waals surface area (Å²) >= 11 is 0. The fourth-order valence-corrected chi connectivity index (χ4v) is 2.30. The van der Waals surface area contributed by atoms with Crippen molar-refractivity contribution in [2.75, 3.05) is 7.11 Å². The Hall–Kier alpha value is -1.58. The Morgan fingerprint density at radius 2 is 1.89 bits per heavy atom. The van der Waals surface area contributed by atoms with Crippen LogP contribution in [0.5, 0.6) is 0 Å². The van der Waals surface area contributed by atoms with Crippen LogP contribution in [0.25, 0.3) is 0 Å². The number of allylic oxidation sites excluding steroid dienone is 2. The van der Waals surface area contributed by atoms with Gasteiger partial charge in [0.25, 0.3) is 0 Å². The van der Waals surface area contributed by atoms with Crippen molar-refractivity contribution < 1.29 is 14.3 Å². The molecule has 0 bridgehead atoms. The Morgan fingerprint density at radius 3 is 2.39 bits per heavy atom. The molecule has 0 aromatic heterocycles. The van der Waals surface area contributed by atoms with E-state index in [9.17, 15) is 9.59 Å². The zero-order valence-electron chi connectivity index (χ0n) is 11.1. The lowest BCUT2D eigenvalue weighted by Crippen LogP contribution is -2.56. The summed E-state index contributed by atoms with van der Waals surface area (Å²) in [6.07, 6.45) is 7.43. The molecular weight excluding hydrogens is 230 g/mol. The van der Waals surface area contributed by atoms with Crippen LogP contribution in [-0.2, 0) is 14.3 Å². The van der Waals surface area contributed by atoms with Crippen molar-refractivity contribution >= 4 is 11.9 Å². The molecule has 0 aromatic carbocycles. The summed E-state index contributed by atoms with van der Waals surface area (Å²) < 4.78 is 4.84. The topological polar surface area (TPSA) is 55.4 Å². The van der Waals surface area contributed by atoms with Crippen molar-refractivity contribution in [3.63, 3.8) is 0 Å². The summed E-state index contributed by atoms with van der Waals surface area (Å²) in [5.74, 6) is -0.579. The lowest BCUT2D eigenvalue weighted by atomic mass is 9.81. The van der Waals surface area contributed by atoms with Crippen LogP contribution in [-0.4, -0.2) is 24.5 Å². The van der Waals surface area contributed by atoms with Crippen molar-refractivity contribution in [2.24, 2.45) is 0 Å². The smallest absolute Gasteiger partial charge is 0.331 e. The van der Waals surface area contributed by atoms with Gasteiger partial charge in [0.2, 0.25) is 5.91 Å². The second-order valence-corrected chi connectivity index (χ2v) is 4.67. The molecule has 1 N–H and O–H groups in total. The average molecular weight is 251 g/mol. The Kier molecular flexibility index (Phi) is 5.13. The van der Waals surface area contributed by atoms with Gasteiger partial charge in [-0.15, -0.1) is 0 Å². The van der Waals surface area contributed by atoms with Gasteiger partial charge < -0.3 is 10.1 Å². The molecule has 0 atom stereocenters. The van der Waals surface area contributed by atoms with Crippen molar-refractivity contribution in [1.29, 1.82) is 0 Å². The van der Waals surface area contributed by atoms with Gasteiger partial charge in [-0.2, -0.15) is 0 Å². The predicted molar refractivity (Wildman–Crippen MR) is 69.9 cm³/mol. The minimum atomic E-state index is -0.847. The first kappa shape index (κ1) is 14.5. The largest absolute Gasteiger partial charge is 0.467 e. The molecule has 0 radical (unpaired) electrons. The number of esters is 1. The summed E-state index contributed by atoms with van der Waals surface area (Å²) in [6, 6.07) is 0. The number of carbonyl (C=O) groups excluding carboxylic acids is 2. The minimum absolute atomic E-state index is 0.234. The van der Waals surface area contributed by atoms with Crippen LogP contribution >= 0.6 is 0 Å². The highest BCUT2D eigenvalue weighted by molar-refractivity contribution is 5.97. The van der Waals surface area contributed by atoms with Gasteiger partial charge in [0, 0.05) is 5.57 Å². The zero-order valence-corrected chi connectivity index (χ0v) is 11.1. The van der Waals surface area contributed by atoms with E-state index in [1.807, 2.05) is 0 Å². The van der Waals surface area contributed by atoms with Crippen LogP contribution in [0.4, 0.5) is 0 Å². The van der Waals surface area contributed by atoms with Crippen LogP contribution < -0.4 is 5.32 Å². The minimum Gasteiger partial charge on any atom is -0.467 e. The molecule has 4 nitrogen and oxygen atoms in total.